The minimum atomic E-state index is -0.721. The van der Waals surface area contributed by atoms with Gasteiger partial charge in [-0.25, -0.2) is 0 Å². The van der Waals surface area contributed by atoms with Crippen molar-refractivity contribution in [2.75, 3.05) is 0 Å². The predicted octanol–water partition coefficient (Wildman–Crippen LogP) is 9.61. The van der Waals surface area contributed by atoms with Crippen LogP contribution in [0.4, 0.5) is 0 Å². The van der Waals surface area contributed by atoms with Gasteiger partial charge in [-0.05, 0) is 93.5 Å². The van der Waals surface area contributed by atoms with Gasteiger partial charge in [-0.3, -0.25) is 14.4 Å². The zero-order chi connectivity index (χ0) is 30.2. The van der Waals surface area contributed by atoms with E-state index in [0.717, 1.165) is 77.0 Å². The van der Waals surface area contributed by atoms with Gasteiger partial charge in [-0.1, -0.05) is 90.6 Å². The maximum Gasteiger partial charge on any atom is 0.309 e. The Morgan fingerprint density at radius 2 is 1.52 bits per heavy atom. The van der Waals surface area contributed by atoms with Gasteiger partial charge in [0, 0.05) is 18.3 Å². The van der Waals surface area contributed by atoms with Crippen molar-refractivity contribution in [1.82, 2.24) is 0 Å². The summed E-state index contributed by atoms with van der Waals surface area (Å²) in [6.45, 7) is 7.11. The number of rotatable bonds is 17. The second kappa shape index (κ2) is 15.4. The normalized spacial score (nSPS) is 32.8. The van der Waals surface area contributed by atoms with E-state index >= 15 is 0 Å². The number of esters is 1. The van der Waals surface area contributed by atoms with Crippen molar-refractivity contribution in [3.05, 3.63) is 11.6 Å². The summed E-state index contributed by atoms with van der Waals surface area (Å²) in [6, 6.07) is 0. The highest BCUT2D eigenvalue weighted by Gasteiger charge is 2.60. The number of carbonyl (C=O) groups excluding carboxylic acids is 2. The van der Waals surface area contributed by atoms with Gasteiger partial charge in [-0.2, -0.15) is 0 Å². The largest absolute Gasteiger partial charge is 0.481 e. The van der Waals surface area contributed by atoms with Crippen molar-refractivity contribution >= 4 is 17.7 Å². The molecule has 0 aromatic carbocycles. The predicted molar refractivity (Wildman–Crippen MR) is 168 cm³/mol. The van der Waals surface area contributed by atoms with Crippen LogP contribution in [0.25, 0.3) is 0 Å². The third-order valence-corrected chi connectivity index (χ3v) is 12.3. The molecule has 1 N–H and O–H groups in total. The van der Waals surface area contributed by atoms with Crippen LogP contribution in [0.15, 0.2) is 11.6 Å². The number of carboxylic acids is 1. The Morgan fingerprint density at radius 3 is 2.21 bits per heavy atom. The lowest BCUT2D eigenvalue weighted by Crippen LogP contribution is -2.51. The minimum Gasteiger partial charge on any atom is -0.481 e. The molecule has 3 fully saturated rings. The number of hydrogen-bond acceptors (Lipinski definition) is 4. The molecule has 1 unspecified atom stereocenters. The number of fused-ring (bicyclic) bond motifs is 5. The smallest absolute Gasteiger partial charge is 0.309 e. The van der Waals surface area contributed by atoms with E-state index in [-0.39, 0.29) is 35.2 Å². The van der Waals surface area contributed by atoms with Crippen LogP contribution in [0.5, 0.6) is 0 Å². The van der Waals surface area contributed by atoms with Gasteiger partial charge >= 0.3 is 11.9 Å². The number of carboxylic acid groups (broad SMARTS) is 1. The average Bonchev–Trinajstić information content (AvgIpc) is 3.29. The van der Waals surface area contributed by atoms with Crippen molar-refractivity contribution in [3.63, 3.8) is 0 Å². The third-order valence-electron chi connectivity index (χ3n) is 12.3. The van der Waals surface area contributed by atoms with Crippen LogP contribution in [0, 0.1) is 34.5 Å². The Morgan fingerprint density at radius 1 is 0.857 bits per heavy atom. The molecule has 7 atom stereocenters. The van der Waals surface area contributed by atoms with Crippen molar-refractivity contribution < 1.29 is 24.2 Å². The molecule has 4 aliphatic carbocycles. The summed E-state index contributed by atoms with van der Waals surface area (Å²) in [5.41, 5.74) is 1.67. The third kappa shape index (κ3) is 7.89. The molecule has 0 amide bonds. The number of hydrogen-bond donors (Lipinski definition) is 1. The van der Waals surface area contributed by atoms with E-state index < -0.39 is 5.97 Å². The van der Waals surface area contributed by atoms with Crippen LogP contribution in [-0.4, -0.2) is 28.9 Å². The van der Waals surface area contributed by atoms with E-state index in [4.69, 9.17) is 9.84 Å². The Balaban J connectivity index is 1.33. The second-order valence-electron chi connectivity index (χ2n) is 15.0. The van der Waals surface area contributed by atoms with Gasteiger partial charge in [0.25, 0.3) is 0 Å². The number of aliphatic carboxylic acids is 1. The fraction of sp³-hybridized carbons (Fsp3) is 0.865. The van der Waals surface area contributed by atoms with Crippen molar-refractivity contribution in [1.29, 1.82) is 0 Å². The van der Waals surface area contributed by atoms with Gasteiger partial charge in [0.05, 0.1) is 5.92 Å². The number of ketones is 1. The van der Waals surface area contributed by atoms with Crippen LogP contribution in [0.3, 0.4) is 0 Å². The standard InChI is InChI=1S/C37H60O5/c1-4-5-6-7-8-9-12-15-27(16-13-10-11-14-17-34(39)40)35(41)42-33-21-20-31-30-19-18-28-26-29(38)22-24-36(28,2)32(30)23-25-37(31,33)3/h26-27,30-33H,4-25H2,1-3H3,(H,39,40)/t27?,30-,31-,32-,33-,36-,37-/m0/s1. The molecule has 5 heteroatoms. The fourth-order valence-electron chi connectivity index (χ4n) is 9.69. The monoisotopic (exact) mass is 584 g/mol. The van der Waals surface area contributed by atoms with E-state index in [0.29, 0.717) is 30.0 Å². The van der Waals surface area contributed by atoms with Crippen molar-refractivity contribution in [2.45, 2.75) is 168 Å². The summed E-state index contributed by atoms with van der Waals surface area (Å²) in [7, 11) is 0. The van der Waals surface area contributed by atoms with Crippen LogP contribution < -0.4 is 0 Å². The second-order valence-corrected chi connectivity index (χ2v) is 15.0. The first-order valence-electron chi connectivity index (χ1n) is 17.8. The molecule has 0 bridgehead atoms. The molecule has 4 aliphatic rings. The lowest BCUT2D eigenvalue weighted by molar-refractivity contribution is -0.165. The van der Waals surface area contributed by atoms with E-state index in [1.165, 1.54) is 56.9 Å². The summed E-state index contributed by atoms with van der Waals surface area (Å²) in [4.78, 5) is 36.8. The quantitative estimate of drug-likeness (QED) is 0.136. The van der Waals surface area contributed by atoms with Gasteiger partial charge in [0.1, 0.15) is 6.10 Å². The maximum atomic E-state index is 13.7. The lowest BCUT2D eigenvalue weighted by atomic mass is 9.47. The molecule has 3 saturated carbocycles. The van der Waals surface area contributed by atoms with Crippen LogP contribution >= 0.6 is 0 Å². The van der Waals surface area contributed by atoms with E-state index in [1.807, 2.05) is 6.08 Å². The molecule has 238 valence electrons. The number of allylic oxidation sites excluding steroid dienone is 1. The van der Waals surface area contributed by atoms with Crippen LogP contribution in [-0.2, 0) is 19.1 Å². The molecule has 0 aliphatic heterocycles. The summed E-state index contributed by atoms with van der Waals surface area (Å²) >= 11 is 0. The molecule has 0 radical (unpaired) electrons. The Labute approximate surface area is 256 Å². The highest BCUT2D eigenvalue weighted by molar-refractivity contribution is 5.91. The summed E-state index contributed by atoms with van der Waals surface area (Å²) in [5.74, 6) is 1.55. The molecule has 0 saturated heterocycles. The molecular formula is C37H60O5. The minimum absolute atomic E-state index is 0.0276. The maximum absolute atomic E-state index is 13.7. The fourth-order valence-corrected chi connectivity index (χ4v) is 9.69. The first kappa shape index (κ1) is 33.2. The van der Waals surface area contributed by atoms with Crippen LogP contribution in [0.1, 0.15) is 162 Å². The van der Waals surface area contributed by atoms with Crippen LogP contribution in [0.2, 0.25) is 0 Å². The first-order chi connectivity index (χ1) is 20.2. The van der Waals surface area contributed by atoms with Gasteiger partial charge in [0.15, 0.2) is 5.78 Å². The van der Waals surface area contributed by atoms with Crippen molar-refractivity contribution in [3.8, 4) is 0 Å². The number of ether oxygens (including phenoxy) is 1. The molecular weight excluding hydrogens is 524 g/mol. The van der Waals surface area contributed by atoms with Gasteiger partial charge in [-0.15, -0.1) is 0 Å². The molecule has 0 aromatic rings. The highest BCUT2D eigenvalue weighted by atomic mass is 16.5. The summed E-state index contributed by atoms with van der Waals surface area (Å²) in [5, 5.41) is 8.92. The molecule has 0 spiro atoms. The highest BCUT2D eigenvalue weighted by Crippen LogP contribution is 2.65. The molecule has 0 aromatic heterocycles. The molecule has 42 heavy (non-hydrogen) atoms. The zero-order valence-electron chi connectivity index (χ0n) is 27.1. The molecule has 5 nitrogen and oxygen atoms in total. The van der Waals surface area contributed by atoms with E-state index in [2.05, 4.69) is 20.8 Å². The lowest BCUT2D eigenvalue weighted by Gasteiger charge is -2.57. The van der Waals surface area contributed by atoms with Gasteiger partial charge in [0.2, 0.25) is 0 Å². The van der Waals surface area contributed by atoms with Crippen molar-refractivity contribution in [2.24, 2.45) is 34.5 Å². The SMILES string of the molecule is CCCCCCCCCC(CCCCCCC(=O)O)C(=O)O[C@H]1CC[C@H]2[C@@H]3CCC4=CC(=O)CC[C@]4(C)[C@H]3CC[C@]12C. The van der Waals surface area contributed by atoms with E-state index in [9.17, 15) is 14.4 Å². The zero-order valence-corrected chi connectivity index (χ0v) is 27.1. The Kier molecular flexibility index (Phi) is 12.2. The first-order valence-corrected chi connectivity index (χ1v) is 17.8. The number of unbranched alkanes of at least 4 members (excludes halogenated alkanes) is 9. The number of carbonyl (C=O) groups is 3. The molecule has 4 rings (SSSR count). The Hall–Kier alpha value is -1.65. The summed E-state index contributed by atoms with van der Waals surface area (Å²) in [6.07, 6.45) is 24.8. The average molecular weight is 585 g/mol. The Bertz CT molecular complexity index is 954. The van der Waals surface area contributed by atoms with E-state index in [1.54, 1.807) is 0 Å². The summed E-state index contributed by atoms with van der Waals surface area (Å²) < 4.78 is 6.52. The van der Waals surface area contributed by atoms with Gasteiger partial charge < -0.3 is 9.84 Å². The topological polar surface area (TPSA) is 80.7 Å². The molecule has 0 heterocycles.